The Labute approximate surface area is 124 Å². The second kappa shape index (κ2) is 5.82. The van der Waals surface area contributed by atoms with Gasteiger partial charge in [-0.05, 0) is 39.3 Å². The topological polar surface area (TPSA) is 36.4 Å². The van der Waals surface area contributed by atoms with E-state index in [1.807, 2.05) is 6.92 Å². The molecule has 2 aliphatic heterocycles. The van der Waals surface area contributed by atoms with Crippen LogP contribution in [-0.2, 0) is 0 Å². The first kappa shape index (κ1) is 14.0. The van der Waals surface area contributed by atoms with E-state index in [9.17, 15) is 4.79 Å². The van der Waals surface area contributed by atoms with Gasteiger partial charge in [0.05, 0.1) is 10.6 Å². The molecule has 110 valence electrons. The van der Waals surface area contributed by atoms with Gasteiger partial charge in [-0.25, -0.2) is 4.98 Å². The van der Waals surface area contributed by atoms with Crippen molar-refractivity contribution >= 4 is 22.3 Å². The minimum atomic E-state index is 0.137. The molecule has 0 spiro atoms. The summed E-state index contributed by atoms with van der Waals surface area (Å²) in [5.74, 6) is 0.137. The highest BCUT2D eigenvalue weighted by molar-refractivity contribution is 7.17. The van der Waals surface area contributed by atoms with Crippen molar-refractivity contribution in [3.05, 3.63) is 10.6 Å². The summed E-state index contributed by atoms with van der Waals surface area (Å²) >= 11 is 1.56. The van der Waals surface area contributed by atoms with Gasteiger partial charge in [-0.1, -0.05) is 17.8 Å². The van der Waals surface area contributed by atoms with Crippen LogP contribution in [-0.4, -0.2) is 47.9 Å². The van der Waals surface area contributed by atoms with E-state index < -0.39 is 0 Å². The zero-order valence-corrected chi connectivity index (χ0v) is 13.2. The van der Waals surface area contributed by atoms with Gasteiger partial charge in [-0.3, -0.25) is 9.69 Å². The summed E-state index contributed by atoms with van der Waals surface area (Å²) in [6, 6.07) is 0.681. The van der Waals surface area contributed by atoms with Crippen LogP contribution in [0.25, 0.3) is 0 Å². The number of piperidine rings is 1. The third-order valence-corrected chi connectivity index (χ3v) is 5.77. The number of aromatic nitrogens is 1. The lowest BCUT2D eigenvalue weighted by molar-refractivity contribution is 0.102. The molecule has 0 N–H and O–H groups in total. The molecule has 0 aromatic carbocycles. The molecule has 4 nitrogen and oxygen atoms in total. The highest BCUT2D eigenvalue weighted by Crippen LogP contribution is 2.30. The van der Waals surface area contributed by atoms with Crippen molar-refractivity contribution in [3.63, 3.8) is 0 Å². The molecule has 2 fully saturated rings. The SMILES string of the molecule is CC(=O)c1sc(N2CCC(N3CCCCC3)C2)nc1C. The van der Waals surface area contributed by atoms with Crippen molar-refractivity contribution in [1.82, 2.24) is 9.88 Å². The first-order chi connectivity index (χ1) is 9.65. The van der Waals surface area contributed by atoms with Crippen LogP contribution in [0.3, 0.4) is 0 Å². The first-order valence-corrected chi connectivity index (χ1v) is 8.44. The van der Waals surface area contributed by atoms with Crippen molar-refractivity contribution in [2.24, 2.45) is 0 Å². The molecule has 3 rings (SSSR count). The quantitative estimate of drug-likeness (QED) is 0.803. The highest BCUT2D eigenvalue weighted by Gasteiger charge is 2.30. The molecule has 0 saturated carbocycles. The predicted octanol–water partition coefficient (Wildman–Crippen LogP) is 2.72. The fourth-order valence-electron chi connectivity index (χ4n) is 3.34. The number of anilines is 1. The second-order valence-electron chi connectivity index (χ2n) is 5.95. The Balaban J connectivity index is 1.67. The number of aryl methyl sites for hydroxylation is 1. The van der Waals surface area contributed by atoms with E-state index in [1.54, 1.807) is 18.3 Å². The number of thiazole rings is 1. The molecule has 2 aliphatic rings. The summed E-state index contributed by atoms with van der Waals surface area (Å²) in [6.07, 6.45) is 5.32. The smallest absolute Gasteiger partial charge is 0.186 e. The number of Topliss-reactive ketones (excluding diaryl/α,β-unsaturated/α-hetero) is 1. The largest absolute Gasteiger partial charge is 0.346 e. The monoisotopic (exact) mass is 293 g/mol. The maximum Gasteiger partial charge on any atom is 0.186 e. The maximum absolute atomic E-state index is 11.5. The minimum Gasteiger partial charge on any atom is -0.346 e. The van der Waals surface area contributed by atoms with Gasteiger partial charge in [-0.15, -0.1) is 0 Å². The molecule has 5 heteroatoms. The van der Waals surface area contributed by atoms with Crippen molar-refractivity contribution in [2.75, 3.05) is 31.1 Å². The lowest BCUT2D eigenvalue weighted by Crippen LogP contribution is -2.40. The number of hydrogen-bond acceptors (Lipinski definition) is 5. The Morgan fingerprint density at radius 2 is 2.00 bits per heavy atom. The Morgan fingerprint density at radius 3 is 2.65 bits per heavy atom. The van der Waals surface area contributed by atoms with Gasteiger partial charge in [0.1, 0.15) is 0 Å². The number of likely N-dealkylation sites (tertiary alicyclic amines) is 1. The summed E-state index contributed by atoms with van der Waals surface area (Å²) in [5, 5.41) is 1.03. The molecule has 0 amide bonds. The molecule has 2 saturated heterocycles. The highest BCUT2D eigenvalue weighted by atomic mass is 32.1. The molecule has 1 unspecified atom stereocenters. The van der Waals surface area contributed by atoms with Crippen LogP contribution < -0.4 is 4.90 Å². The number of hydrogen-bond donors (Lipinski definition) is 0. The fraction of sp³-hybridized carbons (Fsp3) is 0.733. The van der Waals surface area contributed by atoms with E-state index in [0.717, 1.165) is 28.8 Å². The van der Waals surface area contributed by atoms with Crippen molar-refractivity contribution < 1.29 is 4.79 Å². The van der Waals surface area contributed by atoms with Crippen LogP contribution in [0.15, 0.2) is 0 Å². The average Bonchev–Trinajstić information content (AvgIpc) is 3.06. The zero-order chi connectivity index (χ0) is 14.1. The summed E-state index contributed by atoms with van der Waals surface area (Å²) in [7, 11) is 0. The fourth-order valence-corrected chi connectivity index (χ4v) is 4.34. The third-order valence-electron chi connectivity index (χ3n) is 4.45. The maximum atomic E-state index is 11.5. The molecule has 1 aromatic heterocycles. The Hall–Kier alpha value is -0.940. The van der Waals surface area contributed by atoms with E-state index in [2.05, 4.69) is 14.8 Å². The number of ketones is 1. The summed E-state index contributed by atoms with van der Waals surface area (Å²) < 4.78 is 0. The minimum absolute atomic E-state index is 0.137. The first-order valence-electron chi connectivity index (χ1n) is 7.62. The molecular formula is C15H23N3OS. The van der Waals surface area contributed by atoms with E-state index in [1.165, 1.54) is 38.8 Å². The van der Waals surface area contributed by atoms with Crippen LogP contribution in [0.2, 0.25) is 0 Å². The molecular weight excluding hydrogens is 270 g/mol. The van der Waals surface area contributed by atoms with E-state index >= 15 is 0 Å². The Kier molecular flexibility index (Phi) is 4.08. The van der Waals surface area contributed by atoms with Gasteiger partial charge in [-0.2, -0.15) is 0 Å². The normalized spacial score (nSPS) is 24.3. The van der Waals surface area contributed by atoms with Crippen LogP contribution in [0.4, 0.5) is 5.13 Å². The Bertz CT molecular complexity index is 493. The average molecular weight is 293 g/mol. The van der Waals surface area contributed by atoms with E-state index in [4.69, 9.17) is 0 Å². The number of carbonyl (C=O) groups excluding carboxylic acids is 1. The molecule has 0 radical (unpaired) electrons. The second-order valence-corrected chi connectivity index (χ2v) is 6.93. The number of rotatable bonds is 3. The van der Waals surface area contributed by atoms with Crippen molar-refractivity contribution in [3.8, 4) is 0 Å². The zero-order valence-electron chi connectivity index (χ0n) is 12.4. The summed E-state index contributed by atoms with van der Waals surface area (Å²) in [4.78, 5) is 22.0. The standard InChI is InChI=1S/C15H23N3OS/c1-11-14(12(2)19)20-15(16-11)18-9-6-13(10-18)17-7-4-3-5-8-17/h13H,3-10H2,1-2H3. The van der Waals surface area contributed by atoms with Gasteiger partial charge in [0.15, 0.2) is 10.9 Å². The van der Waals surface area contributed by atoms with Crippen molar-refractivity contribution in [2.45, 2.75) is 45.6 Å². The third kappa shape index (κ3) is 2.74. The molecule has 0 bridgehead atoms. The van der Waals surface area contributed by atoms with Gasteiger partial charge in [0, 0.05) is 26.1 Å². The van der Waals surface area contributed by atoms with Gasteiger partial charge in [0.2, 0.25) is 0 Å². The van der Waals surface area contributed by atoms with E-state index in [0.29, 0.717) is 6.04 Å². The number of nitrogens with zero attached hydrogens (tertiary/aromatic N) is 3. The molecule has 3 heterocycles. The summed E-state index contributed by atoms with van der Waals surface area (Å²) in [6.45, 7) is 8.23. The van der Waals surface area contributed by atoms with Gasteiger partial charge >= 0.3 is 0 Å². The summed E-state index contributed by atoms with van der Waals surface area (Å²) in [5.41, 5.74) is 0.888. The Morgan fingerprint density at radius 1 is 1.25 bits per heavy atom. The molecule has 1 aromatic rings. The molecule has 1 atom stereocenters. The van der Waals surface area contributed by atoms with Crippen molar-refractivity contribution in [1.29, 1.82) is 0 Å². The van der Waals surface area contributed by atoms with Crippen LogP contribution in [0, 0.1) is 6.92 Å². The van der Waals surface area contributed by atoms with Gasteiger partial charge in [0.25, 0.3) is 0 Å². The van der Waals surface area contributed by atoms with Crippen LogP contribution in [0.5, 0.6) is 0 Å². The van der Waals surface area contributed by atoms with Crippen LogP contribution >= 0.6 is 11.3 Å². The lowest BCUT2D eigenvalue weighted by atomic mass is 10.1. The number of carbonyl (C=O) groups is 1. The van der Waals surface area contributed by atoms with E-state index in [-0.39, 0.29) is 5.78 Å². The molecule has 0 aliphatic carbocycles. The predicted molar refractivity (Wildman–Crippen MR) is 82.9 cm³/mol. The van der Waals surface area contributed by atoms with Crippen LogP contribution in [0.1, 0.15) is 48.0 Å². The lowest BCUT2D eigenvalue weighted by Gasteiger charge is -2.32. The van der Waals surface area contributed by atoms with Gasteiger partial charge < -0.3 is 4.90 Å². The molecule has 20 heavy (non-hydrogen) atoms.